The van der Waals surface area contributed by atoms with E-state index in [1.165, 1.54) is 24.6 Å². The Morgan fingerprint density at radius 3 is 2.47 bits per heavy atom. The van der Waals surface area contributed by atoms with Gasteiger partial charge >= 0.3 is 0 Å². The van der Waals surface area contributed by atoms with Crippen LogP contribution >= 0.6 is 0 Å². The monoisotopic (exact) mass is 500 g/mol. The number of nitrogens with zero attached hydrogens (tertiary/aromatic N) is 1. The third-order valence-electron chi connectivity index (χ3n) is 6.10. The van der Waals surface area contributed by atoms with Crippen LogP contribution < -0.4 is 16.0 Å². The minimum Gasteiger partial charge on any atom is -0.390 e. The Labute approximate surface area is 210 Å². The number of aliphatic hydroxyl groups is 1. The molecule has 0 fully saturated rings. The molecular formula is C27H34F2N4O3. The summed E-state index contributed by atoms with van der Waals surface area (Å²) in [6.45, 7) is 4.59. The fraction of sp³-hybridized carbons (Fsp3) is 0.407. The average molecular weight is 501 g/mol. The lowest BCUT2D eigenvalue weighted by Crippen LogP contribution is -2.49. The second-order valence-electron chi connectivity index (χ2n) is 9.17. The molecule has 2 aromatic carbocycles. The number of likely N-dealkylation sites (N-methyl/N-ethyl adjacent to an activating group) is 1. The van der Waals surface area contributed by atoms with Gasteiger partial charge in [0.15, 0.2) is 0 Å². The van der Waals surface area contributed by atoms with E-state index in [0.29, 0.717) is 24.4 Å². The number of aryl methyl sites for hydroxylation is 1. The van der Waals surface area contributed by atoms with Crippen molar-refractivity contribution in [2.75, 3.05) is 20.1 Å². The zero-order valence-electron chi connectivity index (χ0n) is 20.9. The molecule has 36 heavy (non-hydrogen) atoms. The Bertz CT molecular complexity index is 1090. The Balaban J connectivity index is 1.71. The lowest BCUT2D eigenvalue weighted by atomic mass is 10.00. The molecule has 2 amide bonds. The van der Waals surface area contributed by atoms with Crippen LogP contribution in [0.25, 0.3) is 0 Å². The van der Waals surface area contributed by atoms with Gasteiger partial charge in [0.2, 0.25) is 5.91 Å². The minimum atomic E-state index is -1.03. The molecule has 1 heterocycles. The third-order valence-corrected chi connectivity index (χ3v) is 6.10. The van der Waals surface area contributed by atoms with Gasteiger partial charge in [-0.15, -0.1) is 0 Å². The summed E-state index contributed by atoms with van der Waals surface area (Å²) < 4.78 is 27.6. The summed E-state index contributed by atoms with van der Waals surface area (Å²) in [5.74, 6) is -2.10. The molecule has 0 bridgehead atoms. The lowest BCUT2D eigenvalue weighted by Gasteiger charge is -2.26. The van der Waals surface area contributed by atoms with Gasteiger partial charge in [-0.2, -0.15) is 0 Å². The highest BCUT2D eigenvalue weighted by Crippen LogP contribution is 2.16. The summed E-state index contributed by atoms with van der Waals surface area (Å²) in [7, 11) is 1.73. The number of rotatable bonds is 11. The molecule has 1 aliphatic rings. The number of halogens is 2. The van der Waals surface area contributed by atoms with Crippen molar-refractivity contribution in [3.63, 3.8) is 0 Å². The smallest absolute Gasteiger partial charge is 0.267 e. The molecule has 0 aliphatic carbocycles. The Morgan fingerprint density at radius 1 is 1.11 bits per heavy atom. The SMILES string of the molecule is CCc1cccc(CNC[C@@H](O)[C@H](Cc2cc(F)cc(F)c2)NC(=O)C2=CC(NC(C)=O)CN2C)c1. The lowest BCUT2D eigenvalue weighted by molar-refractivity contribution is -0.120. The van der Waals surface area contributed by atoms with Crippen molar-refractivity contribution in [1.82, 2.24) is 20.9 Å². The summed E-state index contributed by atoms with van der Waals surface area (Å²) >= 11 is 0. The molecule has 1 unspecified atom stereocenters. The molecule has 0 aromatic heterocycles. The van der Waals surface area contributed by atoms with E-state index in [2.05, 4.69) is 28.9 Å². The van der Waals surface area contributed by atoms with Crippen LogP contribution in [0, 0.1) is 11.6 Å². The topological polar surface area (TPSA) is 93.7 Å². The van der Waals surface area contributed by atoms with Crippen molar-refractivity contribution < 1.29 is 23.5 Å². The van der Waals surface area contributed by atoms with E-state index >= 15 is 0 Å². The van der Waals surface area contributed by atoms with Gasteiger partial charge in [-0.1, -0.05) is 31.2 Å². The van der Waals surface area contributed by atoms with E-state index in [9.17, 15) is 23.5 Å². The highest BCUT2D eigenvalue weighted by atomic mass is 19.1. The average Bonchev–Trinajstić information content (AvgIpc) is 3.17. The quantitative estimate of drug-likeness (QED) is 0.379. The summed E-state index contributed by atoms with van der Waals surface area (Å²) in [6, 6.07) is 10.1. The summed E-state index contributed by atoms with van der Waals surface area (Å²) in [6.07, 6.45) is 1.57. The molecule has 9 heteroatoms. The van der Waals surface area contributed by atoms with Gasteiger partial charge < -0.3 is 26.0 Å². The molecule has 0 saturated carbocycles. The molecule has 0 spiro atoms. The zero-order valence-corrected chi connectivity index (χ0v) is 20.9. The van der Waals surface area contributed by atoms with E-state index in [0.717, 1.165) is 18.1 Å². The van der Waals surface area contributed by atoms with Crippen LogP contribution in [-0.4, -0.2) is 60.1 Å². The number of aliphatic hydroxyl groups excluding tert-OH is 1. The molecule has 0 saturated heterocycles. The van der Waals surface area contributed by atoms with Crippen molar-refractivity contribution >= 4 is 11.8 Å². The van der Waals surface area contributed by atoms with Crippen molar-refractivity contribution in [1.29, 1.82) is 0 Å². The molecule has 3 atom stereocenters. The maximum atomic E-state index is 13.8. The highest BCUT2D eigenvalue weighted by Gasteiger charge is 2.29. The molecule has 7 nitrogen and oxygen atoms in total. The second-order valence-corrected chi connectivity index (χ2v) is 9.17. The molecule has 0 radical (unpaired) electrons. The minimum absolute atomic E-state index is 0.0285. The van der Waals surface area contributed by atoms with E-state index in [-0.39, 0.29) is 24.9 Å². The normalized spacial score (nSPS) is 16.9. The number of carbonyl (C=O) groups excluding carboxylic acids is 2. The first-order valence-electron chi connectivity index (χ1n) is 12.1. The fourth-order valence-corrected chi connectivity index (χ4v) is 4.34. The predicted octanol–water partition coefficient (Wildman–Crippen LogP) is 2.04. The number of nitrogens with one attached hydrogen (secondary N) is 3. The van der Waals surface area contributed by atoms with Crippen molar-refractivity contribution in [2.45, 2.75) is 51.4 Å². The first-order chi connectivity index (χ1) is 17.1. The van der Waals surface area contributed by atoms with Crippen molar-refractivity contribution in [2.24, 2.45) is 0 Å². The van der Waals surface area contributed by atoms with Gasteiger partial charge in [-0.3, -0.25) is 9.59 Å². The summed E-state index contributed by atoms with van der Waals surface area (Å²) in [5.41, 5.74) is 2.94. The first-order valence-corrected chi connectivity index (χ1v) is 12.1. The van der Waals surface area contributed by atoms with E-state index < -0.39 is 29.7 Å². The molecule has 194 valence electrons. The van der Waals surface area contributed by atoms with Gasteiger partial charge in [0.1, 0.15) is 17.3 Å². The van der Waals surface area contributed by atoms with E-state index in [1.54, 1.807) is 18.0 Å². The van der Waals surface area contributed by atoms with Crippen molar-refractivity contribution in [3.05, 3.63) is 82.6 Å². The Morgan fingerprint density at radius 2 is 1.81 bits per heavy atom. The number of hydrogen-bond acceptors (Lipinski definition) is 5. The van der Waals surface area contributed by atoms with E-state index in [4.69, 9.17) is 0 Å². The van der Waals surface area contributed by atoms with Crippen molar-refractivity contribution in [3.8, 4) is 0 Å². The first kappa shape index (κ1) is 27.3. The van der Waals surface area contributed by atoms with Crippen LogP contribution in [0.5, 0.6) is 0 Å². The fourth-order valence-electron chi connectivity index (χ4n) is 4.34. The maximum Gasteiger partial charge on any atom is 0.267 e. The number of hydrogen-bond donors (Lipinski definition) is 4. The Kier molecular flexibility index (Phi) is 9.55. The Hall–Kier alpha value is -3.30. The number of amides is 2. The van der Waals surface area contributed by atoms with Gasteiger partial charge in [0, 0.05) is 39.7 Å². The van der Waals surface area contributed by atoms with Crippen LogP contribution in [0.4, 0.5) is 8.78 Å². The van der Waals surface area contributed by atoms with Crippen LogP contribution in [0.15, 0.2) is 54.2 Å². The third kappa shape index (κ3) is 7.86. The van der Waals surface area contributed by atoms with Crippen LogP contribution in [0.3, 0.4) is 0 Å². The standard InChI is InChI=1S/C27H34F2N4O3/c1-4-18-6-5-7-19(8-18)14-30-15-26(35)24(11-20-9-21(28)12-22(29)10-20)32-27(36)25-13-23(16-33(25)3)31-17(2)34/h5-10,12-13,23-24,26,30,35H,4,11,14-16H2,1-3H3,(H,31,34)(H,32,36)/t23?,24-,26+/m0/s1. The largest absolute Gasteiger partial charge is 0.390 e. The van der Waals surface area contributed by atoms with Gasteiger partial charge in [0.25, 0.3) is 5.91 Å². The molecule has 4 N–H and O–H groups in total. The number of benzene rings is 2. The summed E-state index contributed by atoms with van der Waals surface area (Å²) in [4.78, 5) is 26.2. The van der Waals surface area contributed by atoms with Crippen LogP contribution in [0.2, 0.25) is 0 Å². The molecule has 1 aliphatic heterocycles. The molecule has 2 aromatic rings. The maximum absolute atomic E-state index is 13.8. The highest BCUT2D eigenvalue weighted by molar-refractivity contribution is 5.93. The summed E-state index contributed by atoms with van der Waals surface area (Å²) in [5, 5.41) is 19.7. The van der Waals surface area contributed by atoms with Crippen LogP contribution in [0.1, 0.15) is 30.5 Å². The van der Waals surface area contributed by atoms with Gasteiger partial charge in [-0.25, -0.2) is 8.78 Å². The van der Waals surface area contributed by atoms with Gasteiger partial charge in [0.05, 0.1) is 18.2 Å². The predicted molar refractivity (Wildman–Crippen MR) is 134 cm³/mol. The van der Waals surface area contributed by atoms with Gasteiger partial charge in [-0.05, 0) is 47.7 Å². The van der Waals surface area contributed by atoms with Crippen LogP contribution in [-0.2, 0) is 29.0 Å². The molecular weight excluding hydrogens is 466 g/mol. The zero-order chi connectivity index (χ0) is 26.2. The molecule has 3 rings (SSSR count). The second kappa shape index (κ2) is 12.6. The van der Waals surface area contributed by atoms with E-state index in [1.807, 2.05) is 18.2 Å². The number of carbonyl (C=O) groups is 2.